The average Bonchev–Trinajstić information content (AvgIpc) is 2.91. The number of anilines is 1. The Morgan fingerprint density at radius 1 is 1.32 bits per heavy atom. The lowest BCUT2D eigenvalue weighted by Crippen LogP contribution is -2.21. The van der Waals surface area contributed by atoms with Gasteiger partial charge in [0, 0.05) is 24.4 Å². The fourth-order valence-corrected chi connectivity index (χ4v) is 3.08. The van der Waals surface area contributed by atoms with Crippen molar-refractivity contribution in [3.8, 4) is 11.4 Å². The lowest BCUT2D eigenvalue weighted by Gasteiger charge is -2.17. The molecule has 6 nitrogen and oxygen atoms in total. The summed E-state index contributed by atoms with van der Waals surface area (Å²) < 4.78 is 39.7. The van der Waals surface area contributed by atoms with Crippen LogP contribution in [-0.4, -0.2) is 25.7 Å². The van der Waals surface area contributed by atoms with Gasteiger partial charge in [-0.2, -0.15) is 18.3 Å². The highest BCUT2D eigenvalue weighted by atomic mass is 79.9. The van der Waals surface area contributed by atoms with Crippen LogP contribution in [0.3, 0.4) is 0 Å². The number of pyridine rings is 1. The number of fused-ring (bicyclic) bond motifs is 1. The van der Waals surface area contributed by atoms with E-state index in [2.05, 4.69) is 52.2 Å². The quantitative estimate of drug-likeness (QED) is 0.692. The molecule has 1 N–H and O–H groups in total. The minimum Gasteiger partial charge on any atom is -0.308 e. The summed E-state index contributed by atoms with van der Waals surface area (Å²) in [4.78, 5) is 19.5. The number of halogens is 5. The van der Waals surface area contributed by atoms with E-state index in [-0.39, 0.29) is 22.8 Å². The van der Waals surface area contributed by atoms with Crippen LogP contribution in [0.25, 0.3) is 11.4 Å². The molecule has 0 aromatic carbocycles. The van der Waals surface area contributed by atoms with Crippen LogP contribution in [0.1, 0.15) is 11.1 Å². The molecular weight excluding hydrogens is 435 g/mol. The van der Waals surface area contributed by atoms with Gasteiger partial charge < -0.3 is 5.32 Å². The van der Waals surface area contributed by atoms with Crippen LogP contribution in [0.2, 0.25) is 0 Å². The summed E-state index contributed by atoms with van der Waals surface area (Å²) >= 11 is 6.19. The van der Waals surface area contributed by atoms with Gasteiger partial charge in [-0.3, -0.25) is 9.48 Å². The van der Waals surface area contributed by atoms with E-state index < -0.39 is 20.9 Å². The zero-order chi connectivity index (χ0) is 16.3. The van der Waals surface area contributed by atoms with Gasteiger partial charge in [-0.25, -0.2) is 9.97 Å². The minimum atomic E-state index is -4.67. The number of nitrogens with zero attached hydrogens (tertiary/aromatic N) is 4. The maximum Gasteiger partial charge on any atom is 0.418 e. The second-order valence-corrected chi connectivity index (χ2v) is 7.98. The molecule has 116 valence electrons. The Hall–Kier alpha value is -1.49. The number of hydrogen-bond donors (Lipinski definition) is 1. The van der Waals surface area contributed by atoms with Gasteiger partial charge >= 0.3 is 6.18 Å². The summed E-state index contributed by atoms with van der Waals surface area (Å²) in [5, 5.41) is 6.33. The second kappa shape index (κ2) is 4.75. The third kappa shape index (κ3) is 2.22. The molecule has 1 aliphatic rings. The van der Waals surface area contributed by atoms with E-state index >= 15 is 0 Å². The first kappa shape index (κ1) is 15.4. The van der Waals surface area contributed by atoms with Gasteiger partial charge in [0.05, 0.1) is 5.56 Å². The van der Waals surface area contributed by atoms with Crippen molar-refractivity contribution in [2.24, 2.45) is 7.05 Å². The second-order valence-electron chi connectivity index (χ2n) is 4.54. The largest absolute Gasteiger partial charge is 0.418 e. The van der Waals surface area contributed by atoms with Gasteiger partial charge in [0.2, 0.25) is 0 Å². The predicted molar refractivity (Wildman–Crippen MR) is 77.4 cm³/mol. The molecule has 0 radical (unpaired) electrons. The SMILES string of the molecule is Cn1cnc(-c2c(C(F)(F)F)cnc3c2C(Br)(Br)C(=O)N3)n1. The highest BCUT2D eigenvalue weighted by Crippen LogP contribution is 2.52. The first-order valence-corrected chi connectivity index (χ1v) is 7.37. The molecule has 1 amide bonds. The van der Waals surface area contributed by atoms with Crippen molar-refractivity contribution < 1.29 is 18.0 Å². The Morgan fingerprint density at radius 3 is 2.55 bits per heavy atom. The van der Waals surface area contributed by atoms with Gasteiger partial charge in [0.25, 0.3) is 5.91 Å². The zero-order valence-corrected chi connectivity index (χ0v) is 13.9. The van der Waals surface area contributed by atoms with Gasteiger partial charge in [-0.05, 0) is 0 Å². The minimum absolute atomic E-state index is 0.00137. The Balaban J connectivity index is 2.39. The summed E-state index contributed by atoms with van der Waals surface area (Å²) in [5.41, 5.74) is -1.32. The number of carbonyl (C=O) groups excluding carboxylic acids is 1. The number of carbonyl (C=O) groups is 1. The maximum atomic E-state index is 13.3. The van der Waals surface area contributed by atoms with Crippen molar-refractivity contribution >= 4 is 43.6 Å². The monoisotopic (exact) mass is 439 g/mol. The normalized spacial score (nSPS) is 16.5. The lowest BCUT2D eigenvalue weighted by molar-refractivity contribution is -0.137. The predicted octanol–water partition coefficient (Wildman–Crippen LogP) is 2.79. The van der Waals surface area contributed by atoms with Crippen LogP contribution >= 0.6 is 31.9 Å². The van der Waals surface area contributed by atoms with Crippen LogP contribution in [0.4, 0.5) is 19.0 Å². The molecule has 0 aliphatic carbocycles. The van der Waals surface area contributed by atoms with Gasteiger partial charge in [0.1, 0.15) is 12.1 Å². The molecule has 3 rings (SSSR count). The number of aromatic nitrogens is 4. The number of rotatable bonds is 1. The third-order valence-electron chi connectivity index (χ3n) is 3.04. The molecule has 11 heteroatoms. The number of hydrogen-bond acceptors (Lipinski definition) is 4. The van der Waals surface area contributed by atoms with Crippen molar-refractivity contribution in [1.82, 2.24) is 19.7 Å². The molecule has 0 bridgehead atoms. The van der Waals surface area contributed by atoms with Gasteiger partial charge in [-0.15, -0.1) is 0 Å². The Bertz CT molecular complexity index is 787. The first-order valence-electron chi connectivity index (χ1n) is 5.78. The molecule has 2 aromatic heterocycles. The van der Waals surface area contributed by atoms with Gasteiger partial charge in [0.15, 0.2) is 9.06 Å². The molecule has 22 heavy (non-hydrogen) atoms. The molecule has 0 atom stereocenters. The first-order chi connectivity index (χ1) is 10.1. The van der Waals surface area contributed by atoms with E-state index in [1.54, 1.807) is 0 Å². The molecule has 1 aliphatic heterocycles. The van der Waals surface area contributed by atoms with Crippen molar-refractivity contribution in [2.45, 2.75) is 9.41 Å². The van der Waals surface area contributed by atoms with E-state index in [1.807, 2.05) is 0 Å². The van der Waals surface area contributed by atoms with Crippen LogP contribution in [0, 0.1) is 0 Å². The van der Waals surface area contributed by atoms with Crippen LogP contribution in [0.5, 0.6) is 0 Å². The van der Waals surface area contributed by atoms with Crippen LogP contribution < -0.4 is 5.32 Å². The molecule has 0 saturated carbocycles. The smallest absolute Gasteiger partial charge is 0.308 e. The molecule has 0 spiro atoms. The number of amides is 1. The van der Waals surface area contributed by atoms with Crippen molar-refractivity contribution in [3.63, 3.8) is 0 Å². The van der Waals surface area contributed by atoms with Crippen molar-refractivity contribution in [1.29, 1.82) is 0 Å². The van der Waals surface area contributed by atoms with E-state index in [0.717, 1.165) is 0 Å². The maximum absolute atomic E-state index is 13.3. The highest BCUT2D eigenvalue weighted by Gasteiger charge is 2.49. The third-order valence-corrected chi connectivity index (χ3v) is 4.55. The molecule has 0 fully saturated rings. The Morgan fingerprint density at radius 2 is 2.00 bits per heavy atom. The van der Waals surface area contributed by atoms with Crippen LogP contribution in [-0.2, 0) is 21.3 Å². The topological polar surface area (TPSA) is 72.7 Å². The summed E-state index contributed by atoms with van der Waals surface area (Å²) in [6, 6.07) is 0. The van der Waals surface area contributed by atoms with Gasteiger partial charge in [-0.1, -0.05) is 31.9 Å². The average molecular weight is 441 g/mol. The summed E-state index contributed by atoms with van der Waals surface area (Å²) in [7, 11) is 1.53. The number of aryl methyl sites for hydroxylation is 1. The van der Waals surface area contributed by atoms with Crippen molar-refractivity contribution in [2.75, 3.05) is 5.32 Å². The highest BCUT2D eigenvalue weighted by molar-refractivity contribution is 9.25. The summed E-state index contributed by atoms with van der Waals surface area (Å²) in [5.74, 6) is -0.700. The molecule has 0 saturated heterocycles. The van der Waals surface area contributed by atoms with E-state index in [0.29, 0.717) is 6.20 Å². The van der Waals surface area contributed by atoms with Crippen LogP contribution in [0.15, 0.2) is 12.5 Å². The fourth-order valence-electron chi connectivity index (χ4n) is 2.11. The number of nitrogens with one attached hydrogen (secondary N) is 1. The molecular formula is C11H6Br2F3N5O. The molecule has 0 unspecified atom stereocenters. The van der Waals surface area contributed by atoms with Crippen molar-refractivity contribution in [3.05, 3.63) is 23.7 Å². The Kier molecular flexibility index (Phi) is 3.33. The lowest BCUT2D eigenvalue weighted by atomic mass is 10.0. The van der Waals surface area contributed by atoms with E-state index in [9.17, 15) is 18.0 Å². The fraction of sp³-hybridized carbons (Fsp3) is 0.273. The molecule has 2 aromatic rings. The molecule has 3 heterocycles. The zero-order valence-electron chi connectivity index (χ0n) is 10.7. The summed E-state index contributed by atoms with van der Waals surface area (Å²) in [6.45, 7) is 0. The summed E-state index contributed by atoms with van der Waals surface area (Å²) in [6.07, 6.45) is -2.73. The van der Waals surface area contributed by atoms with E-state index in [1.165, 1.54) is 18.1 Å². The number of alkyl halides is 5. The Labute approximate surface area is 138 Å². The standard InChI is InChI=1S/C11H6Br2F3N5O/c1-21-3-18-7(20-21)5-4(11(14,15)16)2-17-8-6(5)10(12,13)9(22)19-8/h2-3H,1H3,(H,17,19,22). The van der Waals surface area contributed by atoms with E-state index in [4.69, 9.17) is 0 Å².